The van der Waals surface area contributed by atoms with Crippen molar-refractivity contribution in [3.63, 3.8) is 0 Å². The van der Waals surface area contributed by atoms with Crippen LogP contribution < -0.4 is 10.1 Å². The fraction of sp³-hybridized carbons (Fsp3) is 0.261. The first-order valence-corrected chi connectivity index (χ1v) is 10.1. The van der Waals surface area contributed by atoms with Gasteiger partial charge in [-0.25, -0.2) is 9.97 Å². The molecule has 8 heteroatoms. The minimum absolute atomic E-state index is 0.484. The highest BCUT2D eigenvalue weighted by Crippen LogP contribution is 2.33. The van der Waals surface area contributed by atoms with E-state index in [1.54, 1.807) is 25.7 Å². The maximum atomic E-state index is 5.64. The summed E-state index contributed by atoms with van der Waals surface area (Å²) in [5, 5.41) is 7.41. The molecular formula is C23H24N6O2. The van der Waals surface area contributed by atoms with Gasteiger partial charge in [0.1, 0.15) is 17.1 Å². The molecule has 0 radical (unpaired) electrons. The fourth-order valence-corrected chi connectivity index (χ4v) is 3.32. The molecule has 0 aliphatic rings. The molecule has 4 aromatic rings. The summed E-state index contributed by atoms with van der Waals surface area (Å²) >= 11 is 0. The molecule has 4 rings (SSSR count). The molecule has 0 saturated heterocycles. The number of rotatable bonds is 7. The van der Waals surface area contributed by atoms with Crippen molar-refractivity contribution in [3.8, 4) is 28.5 Å². The lowest BCUT2D eigenvalue weighted by molar-refractivity contribution is 0.414. The monoisotopic (exact) mass is 416 g/mol. The molecule has 0 unspecified atom stereocenters. The van der Waals surface area contributed by atoms with E-state index in [4.69, 9.17) is 14.2 Å². The number of benzene rings is 1. The van der Waals surface area contributed by atoms with Crippen molar-refractivity contribution in [3.05, 3.63) is 65.4 Å². The quantitative estimate of drug-likeness (QED) is 0.474. The summed E-state index contributed by atoms with van der Waals surface area (Å²) in [5.41, 5.74) is 5.80. The van der Waals surface area contributed by atoms with Gasteiger partial charge in [-0.05, 0) is 38.0 Å². The molecule has 1 aromatic carbocycles. The highest BCUT2D eigenvalue weighted by Gasteiger charge is 2.20. The Kier molecular flexibility index (Phi) is 5.88. The smallest absolute Gasteiger partial charge is 0.223 e. The van der Waals surface area contributed by atoms with Crippen LogP contribution in [-0.4, -0.2) is 32.2 Å². The largest absolute Gasteiger partial charge is 0.497 e. The van der Waals surface area contributed by atoms with Crippen LogP contribution in [0, 0.1) is 13.8 Å². The van der Waals surface area contributed by atoms with Crippen LogP contribution in [0.1, 0.15) is 29.4 Å². The summed E-state index contributed by atoms with van der Waals surface area (Å²) in [7, 11) is 1.65. The standard InChI is InChI=1S/C23H24N6O2/c1-5-18-15(3)29-31-22(18)19-12-27-23(26-11-16-7-6-8-17(9-16)30-4)28-21(19)20-13-24-14(2)10-25-20/h6-10,12-13H,5,11H2,1-4H3,(H,26,27,28). The number of hydrogen-bond donors (Lipinski definition) is 1. The maximum absolute atomic E-state index is 5.64. The Morgan fingerprint density at radius 1 is 1.06 bits per heavy atom. The number of anilines is 1. The Morgan fingerprint density at radius 2 is 1.94 bits per heavy atom. The lowest BCUT2D eigenvalue weighted by Gasteiger charge is -2.11. The van der Waals surface area contributed by atoms with Crippen LogP contribution in [-0.2, 0) is 13.0 Å². The van der Waals surface area contributed by atoms with Crippen LogP contribution in [0.2, 0.25) is 0 Å². The minimum atomic E-state index is 0.484. The molecular weight excluding hydrogens is 392 g/mol. The van der Waals surface area contributed by atoms with Gasteiger partial charge in [0.05, 0.1) is 30.3 Å². The summed E-state index contributed by atoms with van der Waals surface area (Å²) in [6.45, 7) is 6.45. The van der Waals surface area contributed by atoms with Crippen LogP contribution in [0.3, 0.4) is 0 Å². The molecule has 8 nitrogen and oxygen atoms in total. The van der Waals surface area contributed by atoms with Crippen molar-refractivity contribution in [1.82, 2.24) is 25.1 Å². The number of nitrogens with one attached hydrogen (secondary N) is 1. The van der Waals surface area contributed by atoms with Gasteiger partial charge in [0.2, 0.25) is 5.95 Å². The van der Waals surface area contributed by atoms with Crippen molar-refractivity contribution in [1.29, 1.82) is 0 Å². The summed E-state index contributed by atoms with van der Waals surface area (Å²) in [6.07, 6.45) is 5.97. The van der Waals surface area contributed by atoms with E-state index >= 15 is 0 Å². The fourth-order valence-electron chi connectivity index (χ4n) is 3.32. The molecule has 31 heavy (non-hydrogen) atoms. The Balaban J connectivity index is 1.72. The van der Waals surface area contributed by atoms with Gasteiger partial charge in [-0.15, -0.1) is 0 Å². The van der Waals surface area contributed by atoms with Gasteiger partial charge in [-0.2, -0.15) is 0 Å². The highest BCUT2D eigenvalue weighted by molar-refractivity contribution is 5.78. The molecule has 1 N–H and O–H groups in total. The molecule has 0 aliphatic heterocycles. The average Bonchev–Trinajstić information content (AvgIpc) is 3.18. The third kappa shape index (κ3) is 4.37. The zero-order chi connectivity index (χ0) is 21.8. The van der Waals surface area contributed by atoms with E-state index in [9.17, 15) is 0 Å². The van der Waals surface area contributed by atoms with E-state index in [1.807, 2.05) is 38.1 Å². The van der Waals surface area contributed by atoms with E-state index in [-0.39, 0.29) is 0 Å². The minimum Gasteiger partial charge on any atom is -0.497 e. The van der Waals surface area contributed by atoms with Gasteiger partial charge in [-0.1, -0.05) is 24.2 Å². The van der Waals surface area contributed by atoms with Crippen molar-refractivity contribution in [2.24, 2.45) is 0 Å². The second-order valence-corrected chi connectivity index (χ2v) is 7.13. The molecule has 158 valence electrons. The Bertz CT molecular complexity index is 1190. The van der Waals surface area contributed by atoms with E-state index < -0.39 is 0 Å². The first-order chi connectivity index (χ1) is 15.1. The molecule has 0 atom stereocenters. The van der Waals surface area contributed by atoms with E-state index in [0.29, 0.717) is 29.6 Å². The second-order valence-electron chi connectivity index (χ2n) is 7.13. The SMILES string of the molecule is CCc1c(C)noc1-c1cnc(NCc2cccc(OC)c2)nc1-c1cnc(C)cn1. The lowest BCUT2D eigenvalue weighted by atomic mass is 10.0. The highest BCUT2D eigenvalue weighted by atomic mass is 16.5. The van der Waals surface area contributed by atoms with Crippen molar-refractivity contribution in [2.45, 2.75) is 33.7 Å². The van der Waals surface area contributed by atoms with Gasteiger partial charge in [-0.3, -0.25) is 9.97 Å². The summed E-state index contributed by atoms with van der Waals surface area (Å²) in [6, 6.07) is 7.85. The third-order valence-electron chi connectivity index (χ3n) is 4.98. The molecule has 0 saturated carbocycles. The van der Waals surface area contributed by atoms with E-state index in [2.05, 4.69) is 32.3 Å². The Morgan fingerprint density at radius 3 is 2.68 bits per heavy atom. The average molecular weight is 416 g/mol. The Labute approximate surface area is 180 Å². The van der Waals surface area contributed by atoms with Gasteiger partial charge in [0.25, 0.3) is 0 Å². The summed E-state index contributed by atoms with van der Waals surface area (Å²) in [5.74, 6) is 1.95. The van der Waals surface area contributed by atoms with Crippen molar-refractivity contribution < 1.29 is 9.26 Å². The number of methoxy groups -OCH3 is 1. The second kappa shape index (κ2) is 8.91. The predicted octanol–water partition coefficient (Wildman–Crippen LogP) is 4.39. The maximum Gasteiger partial charge on any atom is 0.223 e. The molecule has 0 fully saturated rings. The summed E-state index contributed by atoms with van der Waals surface area (Å²) < 4.78 is 10.9. The van der Waals surface area contributed by atoms with Gasteiger partial charge >= 0.3 is 0 Å². The molecule has 0 spiro atoms. The van der Waals surface area contributed by atoms with Crippen LogP contribution >= 0.6 is 0 Å². The van der Waals surface area contributed by atoms with Gasteiger partial charge in [0.15, 0.2) is 5.76 Å². The van der Waals surface area contributed by atoms with E-state index in [0.717, 1.165) is 40.2 Å². The molecule has 0 bridgehead atoms. The molecule has 3 aromatic heterocycles. The Hall–Kier alpha value is -3.81. The zero-order valence-corrected chi connectivity index (χ0v) is 18.0. The zero-order valence-electron chi connectivity index (χ0n) is 18.0. The molecule has 3 heterocycles. The van der Waals surface area contributed by atoms with Crippen LogP contribution in [0.25, 0.3) is 22.7 Å². The first-order valence-electron chi connectivity index (χ1n) is 10.1. The van der Waals surface area contributed by atoms with Crippen molar-refractivity contribution in [2.75, 3.05) is 12.4 Å². The topological polar surface area (TPSA) is 98.9 Å². The number of hydrogen-bond acceptors (Lipinski definition) is 8. The van der Waals surface area contributed by atoms with Crippen LogP contribution in [0.5, 0.6) is 5.75 Å². The van der Waals surface area contributed by atoms with E-state index in [1.165, 1.54) is 0 Å². The van der Waals surface area contributed by atoms with Gasteiger partial charge < -0.3 is 14.6 Å². The number of nitrogens with zero attached hydrogens (tertiary/aromatic N) is 5. The first kappa shape index (κ1) is 20.5. The lowest BCUT2D eigenvalue weighted by Crippen LogP contribution is -2.06. The number of aromatic nitrogens is 5. The van der Waals surface area contributed by atoms with Gasteiger partial charge in [0, 0.05) is 24.5 Å². The predicted molar refractivity (Wildman–Crippen MR) is 118 cm³/mol. The van der Waals surface area contributed by atoms with Crippen molar-refractivity contribution >= 4 is 5.95 Å². The molecule has 0 aliphatic carbocycles. The summed E-state index contributed by atoms with van der Waals surface area (Å²) in [4.78, 5) is 18.2. The third-order valence-corrected chi connectivity index (χ3v) is 4.98. The number of ether oxygens (including phenoxy) is 1. The molecule has 0 amide bonds. The number of aryl methyl sites for hydroxylation is 2. The van der Waals surface area contributed by atoms with Crippen LogP contribution in [0.4, 0.5) is 5.95 Å². The van der Waals surface area contributed by atoms with Crippen LogP contribution in [0.15, 0.2) is 47.4 Å². The normalized spacial score (nSPS) is 10.8.